The van der Waals surface area contributed by atoms with Gasteiger partial charge in [-0.3, -0.25) is 9.59 Å². The Morgan fingerprint density at radius 3 is 1.74 bits per heavy atom. The summed E-state index contributed by atoms with van der Waals surface area (Å²) in [7, 11) is 0. The summed E-state index contributed by atoms with van der Waals surface area (Å²) < 4.78 is 0. The summed E-state index contributed by atoms with van der Waals surface area (Å²) in [4.78, 5) is 26.1. The average molecular weight is 354 g/mol. The maximum atomic E-state index is 13.1. The number of allylic oxidation sites excluding steroid dienone is 2. The molecule has 0 atom stereocenters. The molecule has 4 nitrogen and oxygen atoms in total. The molecule has 0 fully saturated rings. The van der Waals surface area contributed by atoms with Crippen molar-refractivity contribution in [1.82, 2.24) is 5.32 Å². The van der Waals surface area contributed by atoms with E-state index in [2.05, 4.69) is 10.6 Å². The third kappa shape index (κ3) is 3.37. The molecular weight excluding hydrogens is 336 g/mol. The van der Waals surface area contributed by atoms with Gasteiger partial charge in [-0.05, 0) is 17.7 Å². The van der Waals surface area contributed by atoms with E-state index in [1.165, 1.54) is 0 Å². The van der Waals surface area contributed by atoms with Crippen molar-refractivity contribution < 1.29 is 9.59 Å². The number of anilines is 1. The minimum absolute atomic E-state index is 0.181. The van der Waals surface area contributed by atoms with Crippen LogP contribution in [-0.4, -0.2) is 11.6 Å². The first-order valence-electron chi connectivity index (χ1n) is 8.76. The van der Waals surface area contributed by atoms with Crippen LogP contribution in [0.2, 0.25) is 0 Å². The zero-order valence-corrected chi connectivity index (χ0v) is 14.6. The zero-order valence-electron chi connectivity index (χ0n) is 14.6. The van der Waals surface area contributed by atoms with Crippen LogP contribution in [0.3, 0.4) is 0 Å². The van der Waals surface area contributed by atoms with Crippen molar-refractivity contribution in [2.45, 2.75) is 6.54 Å². The van der Waals surface area contributed by atoms with Gasteiger partial charge in [0.15, 0.2) is 0 Å². The van der Waals surface area contributed by atoms with Gasteiger partial charge in [0.2, 0.25) is 11.6 Å². The van der Waals surface area contributed by atoms with Crippen molar-refractivity contribution in [3.05, 3.63) is 113 Å². The van der Waals surface area contributed by atoms with E-state index in [1.807, 2.05) is 60.7 Å². The molecular formula is C23H18N2O2. The van der Waals surface area contributed by atoms with E-state index in [-0.39, 0.29) is 17.3 Å². The second-order valence-corrected chi connectivity index (χ2v) is 6.28. The Bertz CT molecular complexity index is 1020. The number of nitrogens with one attached hydrogen (secondary N) is 2. The highest BCUT2D eigenvalue weighted by Gasteiger charge is 2.32. The van der Waals surface area contributed by atoms with Crippen LogP contribution < -0.4 is 10.6 Å². The van der Waals surface area contributed by atoms with Crippen LogP contribution in [0.25, 0.3) is 0 Å². The zero-order chi connectivity index (χ0) is 18.6. The van der Waals surface area contributed by atoms with E-state index in [1.54, 1.807) is 24.3 Å². The first-order chi connectivity index (χ1) is 13.2. The fourth-order valence-electron chi connectivity index (χ4n) is 3.12. The molecule has 4 heteroatoms. The summed E-state index contributed by atoms with van der Waals surface area (Å²) in [5.74, 6) is -0.371. The lowest BCUT2D eigenvalue weighted by molar-refractivity contribution is 0.0969. The van der Waals surface area contributed by atoms with E-state index >= 15 is 0 Å². The Hall–Kier alpha value is -3.66. The number of hydrogen-bond acceptors (Lipinski definition) is 4. The Morgan fingerprint density at radius 1 is 0.593 bits per heavy atom. The lowest BCUT2D eigenvalue weighted by atomic mass is 9.90. The van der Waals surface area contributed by atoms with Crippen LogP contribution in [-0.2, 0) is 6.54 Å². The van der Waals surface area contributed by atoms with Gasteiger partial charge in [-0.25, -0.2) is 0 Å². The highest BCUT2D eigenvalue weighted by Crippen LogP contribution is 2.26. The van der Waals surface area contributed by atoms with Crippen LogP contribution in [0.4, 0.5) is 5.69 Å². The molecule has 0 heterocycles. The average Bonchev–Trinajstić information content (AvgIpc) is 2.73. The summed E-state index contributed by atoms with van der Waals surface area (Å²) >= 11 is 0. The first kappa shape index (κ1) is 16.8. The highest BCUT2D eigenvalue weighted by atomic mass is 16.1. The fourth-order valence-corrected chi connectivity index (χ4v) is 3.12. The maximum Gasteiger partial charge on any atom is 0.212 e. The Balaban J connectivity index is 1.73. The largest absolute Gasteiger partial charge is 0.376 e. The summed E-state index contributed by atoms with van der Waals surface area (Å²) in [5.41, 5.74) is 3.21. The number of carbonyl (C=O) groups excluding carboxylic acids is 2. The number of hydrogen-bond donors (Lipinski definition) is 2. The van der Waals surface area contributed by atoms with Gasteiger partial charge in [-0.2, -0.15) is 0 Å². The van der Waals surface area contributed by atoms with Crippen molar-refractivity contribution in [2.24, 2.45) is 0 Å². The first-order valence-corrected chi connectivity index (χ1v) is 8.76. The SMILES string of the molecule is O=C1C(NCc2ccccc2)=C(Nc2ccccc2)C(=O)c2ccccc21. The molecule has 0 spiro atoms. The van der Waals surface area contributed by atoms with Crippen molar-refractivity contribution in [1.29, 1.82) is 0 Å². The summed E-state index contributed by atoms with van der Waals surface area (Å²) in [6.07, 6.45) is 0. The van der Waals surface area contributed by atoms with E-state index in [9.17, 15) is 9.59 Å². The summed E-state index contributed by atoms with van der Waals surface area (Å²) in [6.45, 7) is 0.456. The lowest BCUT2D eigenvalue weighted by Gasteiger charge is -2.23. The predicted molar refractivity (Wildman–Crippen MR) is 105 cm³/mol. The number of fused-ring (bicyclic) bond motifs is 1. The molecule has 0 aromatic heterocycles. The summed E-state index contributed by atoms with van der Waals surface area (Å²) in [6, 6.07) is 26.1. The molecule has 0 saturated heterocycles. The van der Waals surface area contributed by atoms with Gasteiger partial charge < -0.3 is 10.6 Å². The van der Waals surface area contributed by atoms with Crippen molar-refractivity contribution in [2.75, 3.05) is 5.32 Å². The van der Waals surface area contributed by atoms with Crippen LogP contribution in [0.1, 0.15) is 26.3 Å². The minimum atomic E-state index is -0.190. The summed E-state index contributed by atoms with van der Waals surface area (Å²) in [5, 5.41) is 6.31. The number of rotatable bonds is 5. The van der Waals surface area contributed by atoms with Crippen LogP contribution >= 0.6 is 0 Å². The van der Waals surface area contributed by atoms with Gasteiger partial charge in [-0.15, -0.1) is 0 Å². The van der Waals surface area contributed by atoms with E-state index in [4.69, 9.17) is 0 Å². The van der Waals surface area contributed by atoms with Gasteiger partial charge in [-0.1, -0.05) is 72.8 Å². The monoisotopic (exact) mass is 354 g/mol. The van der Waals surface area contributed by atoms with Crippen LogP contribution in [0, 0.1) is 0 Å². The fraction of sp³-hybridized carbons (Fsp3) is 0.0435. The lowest BCUT2D eigenvalue weighted by Crippen LogP contribution is -2.33. The third-order valence-corrected chi connectivity index (χ3v) is 4.48. The van der Waals surface area contributed by atoms with Gasteiger partial charge >= 0.3 is 0 Å². The minimum Gasteiger partial charge on any atom is -0.376 e. The maximum absolute atomic E-state index is 13.1. The number of carbonyl (C=O) groups is 2. The van der Waals surface area contributed by atoms with Crippen molar-refractivity contribution in [3.63, 3.8) is 0 Å². The molecule has 0 saturated carbocycles. The molecule has 132 valence electrons. The third-order valence-electron chi connectivity index (χ3n) is 4.48. The molecule has 4 rings (SSSR count). The molecule has 0 aliphatic heterocycles. The number of benzene rings is 3. The van der Waals surface area contributed by atoms with Gasteiger partial charge in [0.05, 0.1) is 0 Å². The van der Waals surface area contributed by atoms with Crippen molar-refractivity contribution in [3.8, 4) is 0 Å². The molecule has 0 amide bonds. The second-order valence-electron chi connectivity index (χ2n) is 6.28. The van der Waals surface area contributed by atoms with Crippen LogP contribution in [0.5, 0.6) is 0 Å². The Labute approximate surface area is 157 Å². The molecule has 3 aromatic carbocycles. The van der Waals surface area contributed by atoms with Crippen LogP contribution in [0.15, 0.2) is 96.3 Å². The molecule has 0 bridgehead atoms. The molecule has 1 aliphatic rings. The molecule has 27 heavy (non-hydrogen) atoms. The standard InChI is InChI=1S/C23H18N2O2/c26-22-18-13-7-8-14-19(18)23(27)21(25-17-11-5-2-6-12-17)20(22)24-15-16-9-3-1-4-10-16/h1-14,24-25H,15H2. The van der Waals surface area contributed by atoms with E-state index in [0.717, 1.165) is 11.3 Å². The van der Waals surface area contributed by atoms with Gasteiger partial charge in [0.1, 0.15) is 11.4 Å². The van der Waals surface area contributed by atoms with E-state index < -0.39 is 0 Å². The predicted octanol–water partition coefficient (Wildman–Crippen LogP) is 4.18. The molecule has 2 N–H and O–H groups in total. The number of ketones is 2. The number of para-hydroxylation sites is 1. The topological polar surface area (TPSA) is 58.2 Å². The quantitative estimate of drug-likeness (QED) is 0.722. The second kappa shape index (κ2) is 7.30. The normalized spacial score (nSPS) is 13.3. The smallest absolute Gasteiger partial charge is 0.212 e. The van der Waals surface area contributed by atoms with Crippen molar-refractivity contribution >= 4 is 17.3 Å². The molecule has 1 aliphatic carbocycles. The molecule has 3 aromatic rings. The Morgan fingerprint density at radius 2 is 1.11 bits per heavy atom. The van der Waals surface area contributed by atoms with Gasteiger partial charge in [0, 0.05) is 23.4 Å². The number of Topliss-reactive ketones (excluding diaryl/α,β-unsaturated/α-hetero) is 2. The molecule has 0 unspecified atom stereocenters. The Kier molecular flexibility index (Phi) is 4.54. The molecule has 0 radical (unpaired) electrons. The highest BCUT2D eigenvalue weighted by molar-refractivity contribution is 6.27. The van der Waals surface area contributed by atoms with E-state index in [0.29, 0.717) is 23.4 Å². The van der Waals surface area contributed by atoms with Gasteiger partial charge in [0.25, 0.3) is 0 Å².